The van der Waals surface area contributed by atoms with E-state index in [1.165, 1.54) is 30.9 Å². The molecule has 15 heteroatoms. The van der Waals surface area contributed by atoms with Crippen molar-refractivity contribution in [2.24, 2.45) is 12.8 Å². The fourth-order valence-corrected chi connectivity index (χ4v) is 5.13. The third kappa shape index (κ3) is 5.91. The molecular weight excluding hydrogens is 575 g/mol. The fraction of sp³-hybridized carbons (Fsp3) is 0.333. The van der Waals surface area contributed by atoms with Gasteiger partial charge in [-0.05, 0) is 24.1 Å². The first-order valence-electron chi connectivity index (χ1n) is 12.9. The number of imidazole rings is 1. The summed E-state index contributed by atoms with van der Waals surface area (Å²) >= 11 is 6.70. The van der Waals surface area contributed by atoms with Crippen LogP contribution in [0.25, 0.3) is 16.9 Å². The highest BCUT2D eigenvalue weighted by Crippen LogP contribution is 2.38. The molecule has 4 N–H and O–H groups in total. The van der Waals surface area contributed by atoms with E-state index in [0.29, 0.717) is 30.1 Å². The van der Waals surface area contributed by atoms with Crippen LogP contribution >= 0.6 is 11.6 Å². The molecule has 4 heterocycles. The summed E-state index contributed by atoms with van der Waals surface area (Å²) in [6.07, 6.45) is 1.89. The van der Waals surface area contributed by atoms with Gasteiger partial charge >= 0.3 is 6.18 Å². The normalized spacial score (nSPS) is 16.3. The van der Waals surface area contributed by atoms with E-state index in [1.807, 2.05) is 4.90 Å². The molecule has 3 aromatic heterocycles. The molecule has 0 spiro atoms. The number of benzene rings is 1. The highest BCUT2D eigenvalue weighted by Gasteiger charge is 2.35. The minimum atomic E-state index is -4.54. The minimum Gasteiger partial charge on any atom is -0.450 e. The number of aromatic nitrogens is 5. The van der Waals surface area contributed by atoms with Crippen molar-refractivity contribution in [3.63, 3.8) is 0 Å². The lowest BCUT2D eigenvalue weighted by Gasteiger charge is -2.20. The van der Waals surface area contributed by atoms with Crippen molar-refractivity contribution >= 4 is 46.0 Å². The van der Waals surface area contributed by atoms with Crippen LogP contribution in [0, 0.1) is 0 Å². The van der Waals surface area contributed by atoms with Gasteiger partial charge in [0.2, 0.25) is 5.95 Å². The Morgan fingerprint density at radius 2 is 2.02 bits per heavy atom. The molecule has 5 rings (SSSR count). The van der Waals surface area contributed by atoms with Crippen LogP contribution in [0.2, 0.25) is 5.02 Å². The van der Waals surface area contributed by atoms with Crippen molar-refractivity contribution in [1.82, 2.24) is 29.4 Å². The number of alkyl halides is 3. The number of anilines is 3. The molecule has 1 aliphatic heterocycles. The summed E-state index contributed by atoms with van der Waals surface area (Å²) in [5, 5.41) is 6.06. The molecule has 42 heavy (non-hydrogen) atoms. The highest BCUT2D eigenvalue weighted by molar-refractivity contribution is 6.36. The van der Waals surface area contributed by atoms with Gasteiger partial charge in [0.05, 0.1) is 17.9 Å². The Balaban J connectivity index is 1.42. The number of nitrogens with zero attached hydrogens (tertiary/aromatic N) is 6. The van der Waals surface area contributed by atoms with E-state index < -0.39 is 11.7 Å². The van der Waals surface area contributed by atoms with Gasteiger partial charge in [0.25, 0.3) is 0 Å². The lowest BCUT2D eigenvalue weighted by atomic mass is 10.1. The predicted octanol–water partition coefficient (Wildman–Crippen LogP) is 4.77. The third-order valence-electron chi connectivity index (χ3n) is 6.97. The first kappa shape index (κ1) is 29.4. The summed E-state index contributed by atoms with van der Waals surface area (Å²) in [7, 11) is 4.96. The highest BCUT2D eigenvalue weighted by atomic mass is 35.5. The molecule has 1 aromatic carbocycles. The van der Waals surface area contributed by atoms with E-state index in [9.17, 15) is 13.2 Å². The number of nitrogens with one attached hydrogen (secondary N) is 2. The maximum absolute atomic E-state index is 14.1. The standard InChI is InChI=1S/C27H29ClF3N9O2/c1-33-24-22(34-7-8-35-24)19(11-32)42-20-12-36-25-23(21(20)28)39(2)26(38-25)37-16-5-4-15(18(10-16)27(29,30)31)13-40-9-6-17(14-40)41-3/h4-5,7-8,10-12,17H,6,9,13-14,32H2,1-3H3,(H,33,35)(H,36,37,38)/t17-/m1/s1. The van der Waals surface area contributed by atoms with Gasteiger partial charge < -0.3 is 30.4 Å². The zero-order valence-corrected chi connectivity index (χ0v) is 23.8. The van der Waals surface area contributed by atoms with Crippen molar-refractivity contribution in [3.05, 3.63) is 64.8 Å². The number of pyridine rings is 1. The summed E-state index contributed by atoms with van der Waals surface area (Å²) in [4.78, 5) is 19.2. The molecule has 0 bridgehead atoms. The number of likely N-dealkylation sites (tertiary alicyclic amines) is 1. The average Bonchev–Trinajstić information content (AvgIpc) is 3.56. The van der Waals surface area contributed by atoms with E-state index >= 15 is 0 Å². The van der Waals surface area contributed by atoms with Gasteiger partial charge in [-0.2, -0.15) is 18.2 Å². The number of rotatable bonds is 9. The van der Waals surface area contributed by atoms with Gasteiger partial charge in [0.1, 0.15) is 16.2 Å². The second-order valence-electron chi connectivity index (χ2n) is 9.62. The number of hydrogen-bond acceptors (Lipinski definition) is 10. The Morgan fingerprint density at radius 3 is 2.71 bits per heavy atom. The molecule has 1 atom stereocenters. The lowest BCUT2D eigenvalue weighted by Crippen LogP contribution is -2.24. The Labute approximate surface area is 244 Å². The molecule has 0 aliphatic carbocycles. The van der Waals surface area contributed by atoms with E-state index in [4.69, 9.17) is 26.8 Å². The zero-order valence-electron chi connectivity index (χ0n) is 23.0. The molecule has 0 radical (unpaired) electrons. The number of fused-ring (bicyclic) bond motifs is 1. The number of ether oxygens (including phenoxy) is 2. The van der Waals surface area contributed by atoms with Gasteiger partial charge in [-0.15, -0.1) is 0 Å². The second-order valence-corrected chi connectivity index (χ2v) is 9.99. The first-order chi connectivity index (χ1) is 20.1. The van der Waals surface area contributed by atoms with Crippen LogP contribution in [0.3, 0.4) is 0 Å². The van der Waals surface area contributed by atoms with Crippen LogP contribution in [-0.4, -0.2) is 62.8 Å². The third-order valence-corrected chi connectivity index (χ3v) is 7.34. The van der Waals surface area contributed by atoms with Crippen molar-refractivity contribution in [3.8, 4) is 5.75 Å². The number of nitrogens with two attached hydrogens (primary N) is 1. The molecule has 1 aliphatic rings. The molecule has 0 amide bonds. The number of hydrogen-bond donors (Lipinski definition) is 3. The maximum Gasteiger partial charge on any atom is 0.416 e. The smallest absolute Gasteiger partial charge is 0.416 e. The van der Waals surface area contributed by atoms with Gasteiger partial charge in [-0.25, -0.2) is 15.0 Å². The first-order valence-corrected chi connectivity index (χ1v) is 13.3. The number of methoxy groups -OCH3 is 1. The van der Waals surface area contributed by atoms with Crippen molar-refractivity contribution in [1.29, 1.82) is 0 Å². The van der Waals surface area contributed by atoms with Crippen LogP contribution in [-0.2, 0) is 24.5 Å². The Morgan fingerprint density at radius 1 is 1.24 bits per heavy atom. The van der Waals surface area contributed by atoms with Gasteiger partial charge in [-0.1, -0.05) is 17.7 Å². The average molecular weight is 604 g/mol. The monoisotopic (exact) mass is 603 g/mol. The predicted molar refractivity (Wildman–Crippen MR) is 153 cm³/mol. The topological polar surface area (TPSA) is 128 Å². The van der Waals surface area contributed by atoms with Crippen molar-refractivity contribution in [2.45, 2.75) is 25.2 Å². The minimum absolute atomic E-state index is 0.0277. The maximum atomic E-state index is 14.1. The number of halogens is 4. The molecule has 1 saturated heterocycles. The van der Waals surface area contributed by atoms with Crippen molar-refractivity contribution in [2.75, 3.05) is 37.9 Å². The molecule has 0 saturated carbocycles. The van der Waals surface area contributed by atoms with Crippen LogP contribution in [0.5, 0.6) is 5.75 Å². The summed E-state index contributed by atoms with van der Waals surface area (Å²) in [6, 6.07) is 4.16. The summed E-state index contributed by atoms with van der Waals surface area (Å²) < 4.78 is 55.1. The Kier molecular flexibility index (Phi) is 8.38. The quantitative estimate of drug-likeness (QED) is 0.230. The number of aryl methyl sites for hydroxylation is 1. The van der Waals surface area contributed by atoms with Crippen LogP contribution in [0.1, 0.15) is 23.2 Å². The largest absolute Gasteiger partial charge is 0.450 e. The summed E-state index contributed by atoms with van der Waals surface area (Å²) in [6.45, 7) is 1.44. The zero-order chi connectivity index (χ0) is 30.0. The molecule has 11 nitrogen and oxygen atoms in total. The second kappa shape index (κ2) is 12.0. The van der Waals surface area contributed by atoms with E-state index in [2.05, 4.69) is 30.6 Å². The van der Waals surface area contributed by atoms with Gasteiger partial charge in [0.15, 0.2) is 23.0 Å². The Hall–Kier alpha value is -4.14. The SMILES string of the molecule is CNc1nccnc1C(=CN)Oc1cnc2nc(Nc3ccc(CN4CC[C@@H](OC)C4)c(C(F)(F)F)c3)n(C)c2c1Cl. The molecule has 4 aromatic rings. The molecule has 1 fully saturated rings. The molecule has 0 unspecified atom stereocenters. The summed E-state index contributed by atoms with van der Waals surface area (Å²) in [5.41, 5.74) is 6.51. The van der Waals surface area contributed by atoms with Crippen LogP contribution < -0.4 is 21.1 Å². The van der Waals surface area contributed by atoms with E-state index in [1.54, 1.807) is 31.8 Å². The fourth-order valence-electron chi connectivity index (χ4n) is 4.84. The lowest BCUT2D eigenvalue weighted by molar-refractivity contribution is -0.138. The Bertz CT molecular complexity index is 1630. The van der Waals surface area contributed by atoms with E-state index in [0.717, 1.165) is 12.5 Å². The van der Waals surface area contributed by atoms with E-state index in [-0.39, 0.29) is 52.0 Å². The van der Waals surface area contributed by atoms with Crippen molar-refractivity contribution < 1.29 is 22.6 Å². The van der Waals surface area contributed by atoms with Gasteiger partial charge in [-0.3, -0.25) is 4.90 Å². The van der Waals surface area contributed by atoms with Crippen LogP contribution in [0.15, 0.2) is 43.0 Å². The molecular formula is C27H29ClF3N9O2. The van der Waals surface area contributed by atoms with Gasteiger partial charge in [0, 0.05) is 65.1 Å². The summed E-state index contributed by atoms with van der Waals surface area (Å²) in [5.74, 6) is 1.03. The van der Waals surface area contributed by atoms with Crippen LogP contribution in [0.4, 0.5) is 30.6 Å². The molecule has 222 valence electrons.